The van der Waals surface area contributed by atoms with E-state index in [0.717, 1.165) is 12.1 Å². The highest BCUT2D eigenvalue weighted by atomic mass is 19.1. The topological polar surface area (TPSA) is 69.6 Å². The number of hydrogen-bond acceptors (Lipinski definition) is 3. The Morgan fingerprint density at radius 1 is 1.35 bits per heavy atom. The fraction of sp³-hybridized carbons (Fsp3) is 0.500. The van der Waals surface area contributed by atoms with Crippen molar-refractivity contribution in [2.75, 3.05) is 11.9 Å². The highest BCUT2D eigenvalue weighted by molar-refractivity contribution is 5.88. The summed E-state index contributed by atoms with van der Waals surface area (Å²) in [7, 11) is 0. The van der Waals surface area contributed by atoms with Crippen LogP contribution in [0.25, 0.3) is 0 Å². The van der Waals surface area contributed by atoms with Gasteiger partial charge in [0.25, 0.3) is 0 Å². The zero-order valence-corrected chi connectivity index (χ0v) is 11.7. The quantitative estimate of drug-likeness (QED) is 0.752. The van der Waals surface area contributed by atoms with Gasteiger partial charge in [0.05, 0.1) is 11.2 Å². The van der Waals surface area contributed by atoms with Gasteiger partial charge in [0.2, 0.25) is 0 Å². The number of nitrogens with one attached hydrogen (secondary N) is 1. The van der Waals surface area contributed by atoms with E-state index in [1.807, 2.05) is 13.8 Å². The van der Waals surface area contributed by atoms with Crippen molar-refractivity contribution in [3.63, 3.8) is 0 Å². The molecule has 1 atom stereocenters. The maximum Gasteiger partial charge on any atom is 0.335 e. The van der Waals surface area contributed by atoms with E-state index in [1.54, 1.807) is 6.92 Å². The molecule has 0 saturated carbocycles. The van der Waals surface area contributed by atoms with Crippen molar-refractivity contribution < 1.29 is 23.8 Å². The van der Waals surface area contributed by atoms with Crippen molar-refractivity contribution in [2.24, 2.45) is 5.92 Å². The molecule has 0 amide bonds. The van der Waals surface area contributed by atoms with Crippen LogP contribution >= 0.6 is 0 Å². The van der Waals surface area contributed by atoms with Crippen LogP contribution in [0.15, 0.2) is 12.1 Å². The van der Waals surface area contributed by atoms with Crippen molar-refractivity contribution in [3.05, 3.63) is 29.3 Å². The Bertz CT molecular complexity index is 478. The third kappa shape index (κ3) is 4.45. The fourth-order valence-electron chi connectivity index (χ4n) is 2.10. The Labute approximate surface area is 116 Å². The zero-order valence-electron chi connectivity index (χ0n) is 11.7. The van der Waals surface area contributed by atoms with E-state index in [2.05, 4.69) is 5.32 Å². The molecular formula is C14H19F2NO3. The standard InChI is InChI=1S/C14H19F2NO3/c1-8(2)6-14(3,20)7-17-12-10(15)4-9(13(18)19)5-11(12)16/h4-5,8,17,20H,6-7H2,1-3H3,(H,18,19). The number of aliphatic hydroxyl groups is 1. The maximum atomic E-state index is 13.7. The third-order valence-electron chi connectivity index (χ3n) is 2.78. The lowest BCUT2D eigenvalue weighted by atomic mass is 9.94. The van der Waals surface area contributed by atoms with Crippen LogP contribution < -0.4 is 5.32 Å². The van der Waals surface area contributed by atoms with Gasteiger partial charge in [-0.1, -0.05) is 13.8 Å². The Kier molecular flexibility index (Phi) is 5.05. The normalized spacial score (nSPS) is 14.2. The molecule has 0 aliphatic heterocycles. The van der Waals surface area contributed by atoms with Crippen molar-refractivity contribution >= 4 is 11.7 Å². The molecule has 1 unspecified atom stereocenters. The average Bonchev–Trinajstić information content (AvgIpc) is 2.25. The summed E-state index contributed by atoms with van der Waals surface area (Å²) < 4.78 is 27.3. The number of aromatic carboxylic acids is 1. The van der Waals surface area contributed by atoms with E-state index in [0.29, 0.717) is 6.42 Å². The van der Waals surface area contributed by atoms with E-state index in [1.165, 1.54) is 0 Å². The first-order chi connectivity index (χ1) is 9.12. The minimum atomic E-state index is -1.40. The Morgan fingerprint density at radius 2 is 1.85 bits per heavy atom. The van der Waals surface area contributed by atoms with Gasteiger partial charge in [-0.05, 0) is 31.4 Å². The van der Waals surface area contributed by atoms with Crippen LogP contribution in [0.1, 0.15) is 37.6 Å². The molecule has 0 spiro atoms. The molecule has 0 aliphatic carbocycles. The van der Waals surface area contributed by atoms with Crippen LogP contribution in [0.5, 0.6) is 0 Å². The molecule has 1 aromatic rings. The number of anilines is 1. The maximum absolute atomic E-state index is 13.7. The van der Waals surface area contributed by atoms with Crippen molar-refractivity contribution in [1.82, 2.24) is 0 Å². The number of carboxylic acids is 1. The van der Waals surface area contributed by atoms with E-state index < -0.39 is 34.5 Å². The van der Waals surface area contributed by atoms with Gasteiger partial charge in [-0.15, -0.1) is 0 Å². The number of hydrogen-bond donors (Lipinski definition) is 3. The van der Waals surface area contributed by atoms with Crippen LogP contribution in [0.3, 0.4) is 0 Å². The summed E-state index contributed by atoms with van der Waals surface area (Å²) in [6.45, 7) is 5.39. The SMILES string of the molecule is CC(C)CC(C)(O)CNc1c(F)cc(C(=O)O)cc1F. The Morgan fingerprint density at radius 3 is 2.25 bits per heavy atom. The Hall–Kier alpha value is -1.69. The van der Waals surface area contributed by atoms with Crippen LogP contribution in [0, 0.1) is 17.6 Å². The molecule has 0 heterocycles. The fourth-order valence-corrected chi connectivity index (χ4v) is 2.10. The summed E-state index contributed by atoms with van der Waals surface area (Å²) in [5, 5.41) is 21.3. The molecular weight excluding hydrogens is 268 g/mol. The van der Waals surface area contributed by atoms with Crippen molar-refractivity contribution in [1.29, 1.82) is 0 Å². The van der Waals surface area contributed by atoms with Crippen LogP contribution in [-0.2, 0) is 0 Å². The van der Waals surface area contributed by atoms with E-state index in [9.17, 15) is 18.7 Å². The third-order valence-corrected chi connectivity index (χ3v) is 2.78. The molecule has 0 bridgehead atoms. The second-order valence-corrected chi connectivity index (χ2v) is 5.57. The number of benzene rings is 1. The van der Waals surface area contributed by atoms with Gasteiger partial charge in [-0.2, -0.15) is 0 Å². The molecule has 4 nitrogen and oxygen atoms in total. The minimum Gasteiger partial charge on any atom is -0.478 e. The first kappa shape index (κ1) is 16.4. The lowest BCUT2D eigenvalue weighted by Gasteiger charge is -2.26. The van der Waals surface area contributed by atoms with Gasteiger partial charge >= 0.3 is 5.97 Å². The highest BCUT2D eigenvalue weighted by Gasteiger charge is 2.23. The lowest BCUT2D eigenvalue weighted by molar-refractivity contribution is 0.0514. The monoisotopic (exact) mass is 287 g/mol. The predicted molar refractivity (Wildman–Crippen MR) is 71.9 cm³/mol. The van der Waals surface area contributed by atoms with Gasteiger partial charge in [0.1, 0.15) is 17.3 Å². The second-order valence-electron chi connectivity index (χ2n) is 5.57. The summed E-state index contributed by atoms with van der Waals surface area (Å²) in [6.07, 6.45) is 0.469. The minimum absolute atomic E-state index is 0.0363. The zero-order chi connectivity index (χ0) is 15.5. The molecule has 1 aromatic carbocycles. The number of carboxylic acid groups (broad SMARTS) is 1. The molecule has 0 saturated heterocycles. The smallest absolute Gasteiger partial charge is 0.335 e. The van der Waals surface area contributed by atoms with Gasteiger partial charge in [-0.25, -0.2) is 13.6 Å². The van der Waals surface area contributed by atoms with E-state index in [-0.39, 0.29) is 12.5 Å². The molecule has 3 N–H and O–H groups in total. The summed E-state index contributed by atoms with van der Waals surface area (Å²) in [4.78, 5) is 10.7. The molecule has 0 radical (unpaired) electrons. The molecule has 0 aliphatic rings. The average molecular weight is 287 g/mol. The predicted octanol–water partition coefficient (Wildman–Crippen LogP) is 2.87. The lowest BCUT2D eigenvalue weighted by Crippen LogP contribution is -2.35. The molecule has 0 fully saturated rings. The first-order valence-electron chi connectivity index (χ1n) is 6.31. The largest absolute Gasteiger partial charge is 0.478 e. The number of halogens is 2. The van der Waals surface area contributed by atoms with Crippen molar-refractivity contribution in [3.8, 4) is 0 Å². The number of carbonyl (C=O) groups is 1. The van der Waals surface area contributed by atoms with E-state index >= 15 is 0 Å². The first-order valence-corrected chi connectivity index (χ1v) is 6.31. The molecule has 0 aromatic heterocycles. The van der Waals surface area contributed by atoms with Crippen molar-refractivity contribution in [2.45, 2.75) is 32.8 Å². The summed E-state index contributed by atoms with van der Waals surface area (Å²) in [5.41, 5.74) is -2.00. The van der Waals surface area contributed by atoms with E-state index in [4.69, 9.17) is 5.11 Å². The van der Waals surface area contributed by atoms with Gasteiger partial charge in [0.15, 0.2) is 0 Å². The molecule has 112 valence electrons. The van der Waals surface area contributed by atoms with Crippen LogP contribution in [0.4, 0.5) is 14.5 Å². The van der Waals surface area contributed by atoms with Gasteiger partial charge < -0.3 is 15.5 Å². The van der Waals surface area contributed by atoms with Crippen LogP contribution in [0.2, 0.25) is 0 Å². The molecule has 20 heavy (non-hydrogen) atoms. The highest BCUT2D eigenvalue weighted by Crippen LogP contribution is 2.23. The van der Waals surface area contributed by atoms with Gasteiger partial charge in [0, 0.05) is 6.54 Å². The Balaban J connectivity index is 2.86. The van der Waals surface area contributed by atoms with Crippen LogP contribution in [-0.4, -0.2) is 28.3 Å². The molecule has 6 heteroatoms. The summed E-state index contributed by atoms with van der Waals surface area (Å²) in [5.74, 6) is -3.16. The molecule has 1 rings (SSSR count). The van der Waals surface area contributed by atoms with Gasteiger partial charge in [-0.3, -0.25) is 0 Å². The summed E-state index contributed by atoms with van der Waals surface area (Å²) in [6, 6.07) is 1.48. The summed E-state index contributed by atoms with van der Waals surface area (Å²) >= 11 is 0. The number of rotatable bonds is 6. The second kappa shape index (κ2) is 6.17.